The molecule has 0 heterocycles. The average Bonchev–Trinajstić information content (AvgIpc) is 2.55. The highest BCUT2D eigenvalue weighted by molar-refractivity contribution is 7.88. The largest absolute Gasteiger partial charge is 0.497 e. The molecule has 0 bridgehead atoms. The molecule has 0 aliphatic rings. The molecule has 0 radical (unpaired) electrons. The van der Waals surface area contributed by atoms with Crippen LogP contribution in [0.15, 0.2) is 48.5 Å². The molecule has 1 amide bonds. The number of ether oxygens (including phenoxy) is 1. The molecule has 0 saturated heterocycles. The summed E-state index contributed by atoms with van der Waals surface area (Å²) in [5, 5.41) is 2.69. The number of carbonyl (C=O) groups is 1. The maximum Gasteiger partial charge on any atom is 0.239 e. The Hall–Kier alpha value is -2.38. The number of amides is 1. The standard InChI is InChI=1S/C18H22N2O4S/c1-14-7-9-15(10-8-14)12-20(25(3,22)23)13-18(21)19-16-5-4-6-17(11-16)24-2/h4-11H,12-13H2,1-3H3,(H,19,21). The lowest BCUT2D eigenvalue weighted by Crippen LogP contribution is -2.36. The SMILES string of the molecule is COc1cccc(NC(=O)CN(Cc2ccc(C)cc2)S(C)(=O)=O)c1. The van der Waals surface area contributed by atoms with E-state index in [0.717, 1.165) is 21.7 Å². The van der Waals surface area contributed by atoms with Gasteiger partial charge in [-0.1, -0.05) is 35.9 Å². The van der Waals surface area contributed by atoms with E-state index in [9.17, 15) is 13.2 Å². The van der Waals surface area contributed by atoms with Gasteiger partial charge in [-0.2, -0.15) is 4.31 Å². The van der Waals surface area contributed by atoms with Gasteiger partial charge in [0.15, 0.2) is 0 Å². The first-order valence-corrected chi connectivity index (χ1v) is 9.57. The van der Waals surface area contributed by atoms with Crippen LogP contribution in [0, 0.1) is 6.92 Å². The normalized spacial score (nSPS) is 11.4. The van der Waals surface area contributed by atoms with Gasteiger partial charge in [-0.3, -0.25) is 4.79 Å². The fraction of sp³-hybridized carbons (Fsp3) is 0.278. The third kappa shape index (κ3) is 5.88. The Kier molecular flexibility index (Phi) is 6.17. The molecule has 0 aliphatic carbocycles. The molecule has 0 spiro atoms. The third-order valence-electron chi connectivity index (χ3n) is 3.62. The van der Waals surface area contributed by atoms with Gasteiger partial charge >= 0.3 is 0 Å². The Bertz CT molecular complexity index is 832. The van der Waals surface area contributed by atoms with Gasteiger partial charge in [0.2, 0.25) is 15.9 Å². The third-order valence-corrected chi connectivity index (χ3v) is 4.82. The van der Waals surface area contributed by atoms with Crippen molar-refractivity contribution in [2.75, 3.05) is 25.2 Å². The van der Waals surface area contributed by atoms with Crippen molar-refractivity contribution < 1.29 is 17.9 Å². The van der Waals surface area contributed by atoms with E-state index in [1.54, 1.807) is 24.3 Å². The van der Waals surface area contributed by atoms with Crippen molar-refractivity contribution in [3.63, 3.8) is 0 Å². The summed E-state index contributed by atoms with van der Waals surface area (Å²) in [6, 6.07) is 14.4. The molecule has 0 atom stereocenters. The lowest BCUT2D eigenvalue weighted by atomic mass is 10.1. The maximum atomic E-state index is 12.3. The van der Waals surface area contributed by atoms with E-state index in [2.05, 4.69) is 5.32 Å². The van der Waals surface area contributed by atoms with Crippen molar-refractivity contribution in [1.29, 1.82) is 0 Å². The van der Waals surface area contributed by atoms with Crippen molar-refractivity contribution in [2.45, 2.75) is 13.5 Å². The van der Waals surface area contributed by atoms with E-state index in [-0.39, 0.29) is 13.1 Å². The van der Waals surface area contributed by atoms with Crippen molar-refractivity contribution in [3.8, 4) is 5.75 Å². The minimum absolute atomic E-state index is 0.143. The first-order valence-electron chi connectivity index (χ1n) is 7.72. The van der Waals surface area contributed by atoms with Crippen LogP contribution < -0.4 is 10.1 Å². The highest BCUT2D eigenvalue weighted by Crippen LogP contribution is 2.17. The Morgan fingerprint density at radius 3 is 2.44 bits per heavy atom. The van der Waals surface area contributed by atoms with Crippen LogP contribution in [0.2, 0.25) is 0 Å². The minimum atomic E-state index is -3.53. The van der Waals surface area contributed by atoms with Gasteiger partial charge in [0, 0.05) is 18.3 Å². The number of aryl methyl sites for hydroxylation is 1. The van der Waals surface area contributed by atoms with Crippen LogP contribution in [0.5, 0.6) is 5.75 Å². The number of methoxy groups -OCH3 is 1. The second kappa shape index (κ2) is 8.13. The van der Waals surface area contributed by atoms with E-state index in [4.69, 9.17) is 4.74 Å². The van der Waals surface area contributed by atoms with E-state index < -0.39 is 15.9 Å². The first-order chi connectivity index (χ1) is 11.8. The molecule has 6 nitrogen and oxygen atoms in total. The molecule has 25 heavy (non-hydrogen) atoms. The second-order valence-electron chi connectivity index (χ2n) is 5.80. The molecular formula is C18H22N2O4S. The topological polar surface area (TPSA) is 75.7 Å². The molecule has 2 aromatic rings. The van der Waals surface area contributed by atoms with E-state index in [1.165, 1.54) is 7.11 Å². The molecule has 2 aromatic carbocycles. The van der Waals surface area contributed by atoms with E-state index >= 15 is 0 Å². The van der Waals surface area contributed by atoms with Crippen molar-refractivity contribution >= 4 is 21.6 Å². The molecule has 7 heteroatoms. The molecule has 0 aliphatic heterocycles. The van der Waals surface area contributed by atoms with Crippen molar-refractivity contribution in [3.05, 3.63) is 59.7 Å². The molecule has 134 valence electrons. The predicted octanol–water partition coefficient (Wildman–Crippen LogP) is 2.40. The summed E-state index contributed by atoms with van der Waals surface area (Å²) in [6.07, 6.45) is 1.10. The fourth-order valence-corrected chi connectivity index (χ4v) is 2.98. The van der Waals surface area contributed by atoms with Gasteiger partial charge in [-0.05, 0) is 24.6 Å². The summed E-state index contributed by atoms with van der Waals surface area (Å²) in [4.78, 5) is 12.3. The average molecular weight is 362 g/mol. The fourth-order valence-electron chi connectivity index (χ4n) is 2.25. The van der Waals surface area contributed by atoms with Crippen LogP contribution in [0.3, 0.4) is 0 Å². The number of benzene rings is 2. The van der Waals surface area contributed by atoms with Crippen LogP contribution in [-0.4, -0.2) is 38.5 Å². The number of nitrogens with zero attached hydrogens (tertiary/aromatic N) is 1. The summed E-state index contributed by atoms with van der Waals surface area (Å²) in [5.41, 5.74) is 2.46. The maximum absolute atomic E-state index is 12.3. The zero-order chi connectivity index (χ0) is 18.4. The molecule has 2 rings (SSSR count). The van der Waals surface area contributed by atoms with Gasteiger partial charge in [0.05, 0.1) is 19.9 Å². The lowest BCUT2D eigenvalue weighted by Gasteiger charge is -2.19. The van der Waals surface area contributed by atoms with Crippen LogP contribution in [0.25, 0.3) is 0 Å². The summed E-state index contributed by atoms with van der Waals surface area (Å²) in [5.74, 6) is 0.197. The molecular weight excluding hydrogens is 340 g/mol. The highest BCUT2D eigenvalue weighted by Gasteiger charge is 2.20. The quantitative estimate of drug-likeness (QED) is 0.821. The number of hydrogen-bond donors (Lipinski definition) is 1. The molecule has 0 saturated carbocycles. The van der Waals surface area contributed by atoms with E-state index in [1.807, 2.05) is 31.2 Å². The molecule has 0 unspecified atom stereocenters. The summed E-state index contributed by atoms with van der Waals surface area (Å²) in [6.45, 7) is 1.84. The number of sulfonamides is 1. The van der Waals surface area contributed by atoms with Crippen LogP contribution in [0.4, 0.5) is 5.69 Å². The Balaban J connectivity index is 2.08. The monoisotopic (exact) mass is 362 g/mol. The highest BCUT2D eigenvalue weighted by atomic mass is 32.2. The number of rotatable bonds is 7. The van der Waals surface area contributed by atoms with Crippen LogP contribution in [-0.2, 0) is 21.4 Å². The Morgan fingerprint density at radius 2 is 1.84 bits per heavy atom. The molecule has 0 fully saturated rings. The first kappa shape index (κ1) is 19.0. The van der Waals surface area contributed by atoms with Gasteiger partial charge < -0.3 is 10.1 Å². The van der Waals surface area contributed by atoms with Crippen molar-refractivity contribution in [2.24, 2.45) is 0 Å². The van der Waals surface area contributed by atoms with Crippen LogP contribution >= 0.6 is 0 Å². The van der Waals surface area contributed by atoms with Gasteiger partial charge in [-0.25, -0.2) is 8.42 Å². The number of hydrogen-bond acceptors (Lipinski definition) is 4. The number of anilines is 1. The molecule has 1 N–H and O–H groups in total. The van der Waals surface area contributed by atoms with Crippen molar-refractivity contribution in [1.82, 2.24) is 4.31 Å². The summed E-state index contributed by atoms with van der Waals surface area (Å²) in [7, 11) is -1.99. The van der Waals surface area contributed by atoms with E-state index in [0.29, 0.717) is 11.4 Å². The summed E-state index contributed by atoms with van der Waals surface area (Å²) < 4.78 is 30.3. The zero-order valence-electron chi connectivity index (χ0n) is 14.5. The van der Waals surface area contributed by atoms with Gasteiger partial charge in [0.25, 0.3) is 0 Å². The minimum Gasteiger partial charge on any atom is -0.497 e. The lowest BCUT2D eigenvalue weighted by molar-refractivity contribution is -0.116. The second-order valence-corrected chi connectivity index (χ2v) is 7.78. The summed E-state index contributed by atoms with van der Waals surface area (Å²) >= 11 is 0. The molecule has 0 aromatic heterocycles. The Morgan fingerprint density at radius 1 is 1.16 bits per heavy atom. The van der Waals surface area contributed by atoms with Crippen LogP contribution in [0.1, 0.15) is 11.1 Å². The Labute approximate surface area is 148 Å². The predicted molar refractivity (Wildman–Crippen MR) is 98.1 cm³/mol. The van der Waals surface area contributed by atoms with Gasteiger partial charge in [0.1, 0.15) is 5.75 Å². The number of nitrogens with one attached hydrogen (secondary N) is 1. The van der Waals surface area contributed by atoms with Gasteiger partial charge in [-0.15, -0.1) is 0 Å². The number of carbonyl (C=O) groups excluding carboxylic acids is 1. The zero-order valence-corrected chi connectivity index (χ0v) is 15.3. The smallest absolute Gasteiger partial charge is 0.239 e.